The Morgan fingerprint density at radius 1 is 1.37 bits per heavy atom. The second kappa shape index (κ2) is 8.71. The second-order valence-corrected chi connectivity index (χ2v) is 4.30. The minimum atomic E-state index is -0.293. The van der Waals surface area contributed by atoms with Crippen LogP contribution < -0.4 is 5.32 Å². The van der Waals surface area contributed by atoms with Crippen LogP contribution in [0.5, 0.6) is 0 Å². The zero-order valence-corrected chi connectivity index (χ0v) is 11.3. The number of carbonyl (C=O) groups is 2. The van der Waals surface area contributed by atoms with E-state index < -0.39 is 0 Å². The first kappa shape index (κ1) is 15.7. The number of ether oxygens (including phenoxy) is 2. The van der Waals surface area contributed by atoms with Crippen molar-refractivity contribution in [3.63, 3.8) is 0 Å². The van der Waals surface area contributed by atoms with Crippen molar-refractivity contribution in [1.82, 2.24) is 10.2 Å². The molecule has 110 valence electrons. The molecule has 0 aromatic heterocycles. The highest BCUT2D eigenvalue weighted by molar-refractivity contribution is 5.77. The average Bonchev–Trinajstić information content (AvgIpc) is 2.40. The Kier molecular flexibility index (Phi) is 7.20. The molecular formula is C12H22N2O5. The Bertz CT molecular complexity index is 290. The fraction of sp³-hybridized carbons (Fsp3) is 0.833. The number of amides is 2. The molecule has 2 amide bonds. The van der Waals surface area contributed by atoms with Crippen molar-refractivity contribution in [3.8, 4) is 0 Å². The van der Waals surface area contributed by atoms with Gasteiger partial charge in [0, 0.05) is 19.1 Å². The van der Waals surface area contributed by atoms with Gasteiger partial charge in [0.1, 0.15) is 6.61 Å². The van der Waals surface area contributed by atoms with E-state index in [1.54, 1.807) is 11.8 Å². The summed E-state index contributed by atoms with van der Waals surface area (Å²) in [5.74, 6) is -0.192. The van der Waals surface area contributed by atoms with Crippen molar-refractivity contribution in [2.45, 2.75) is 25.8 Å². The summed E-state index contributed by atoms with van der Waals surface area (Å²) in [6, 6.07) is 0.0657. The quantitative estimate of drug-likeness (QED) is 0.651. The predicted molar refractivity (Wildman–Crippen MR) is 67.7 cm³/mol. The van der Waals surface area contributed by atoms with Crippen molar-refractivity contribution in [3.05, 3.63) is 0 Å². The maximum absolute atomic E-state index is 11.5. The molecule has 0 spiro atoms. The van der Waals surface area contributed by atoms with Crippen LogP contribution in [0.3, 0.4) is 0 Å². The third-order valence-corrected chi connectivity index (χ3v) is 2.85. The number of aliphatic hydroxyl groups is 1. The van der Waals surface area contributed by atoms with Gasteiger partial charge in [-0.05, 0) is 19.8 Å². The molecule has 0 unspecified atom stereocenters. The van der Waals surface area contributed by atoms with E-state index in [0.717, 1.165) is 0 Å². The van der Waals surface area contributed by atoms with Crippen molar-refractivity contribution in [1.29, 1.82) is 0 Å². The molecule has 0 saturated carbocycles. The summed E-state index contributed by atoms with van der Waals surface area (Å²) in [6.45, 7) is 3.34. The topological polar surface area (TPSA) is 88.1 Å². The van der Waals surface area contributed by atoms with Gasteiger partial charge in [-0.2, -0.15) is 0 Å². The van der Waals surface area contributed by atoms with Gasteiger partial charge in [0.05, 0.1) is 19.8 Å². The largest absolute Gasteiger partial charge is 0.450 e. The monoisotopic (exact) mass is 274 g/mol. The van der Waals surface area contributed by atoms with Gasteiger partial charge in [-0.1, -0.05) is 0 Å². The summed E-state index contributed by atoms with van der Waals surface area (Å²) in [5.41, 5.74) is 0. The van der Waals surface area contributed by atoms with Gasteiger partial charge in [-0.25, -0.2) is 4.79 Å². The molecule has 7 heteroatoms. The fourth-order valence-electron chi connectivity index (χ4n) is 1.92. The molecule has 0 bridgehead atoms. The SMILES string of the molecule is CCOC(=O)N1CCC(NC(=O)COCCO)CC1. The standard InChI is InChI=1S/C12H22N2O5/c1-2-19-12(17)14-5-3-10(4-6-14)13-11(16)9-18-8-7-15/h10,15H,2-9H2,1H3,(H,13,16). The molecule has 1 rings (SSSR count). The summed E-state index contributed by atoms with van der Waals surface area (Å²) < 4.78 is 9.85. The zero-order chi connectivity index (χ0) is 14.1. The molecule has 7 nitrogen and oxygen atoms in total. The smallest absolute Gasteiger partial charge is 0.409 e. The van der Waals surface area contributed by atoms with Gasteiger partial charge < -0.3 is 24.8 Å². The van der Waals surface area contributed by atoms with E-state index >= 15 is 0 Å². The number of hydrogen-bond donors (Lipinski definition) is 2. The van der Waals surface area contributed by atoms with E-state index in [0.29, 0.717) is 32.5 Å². The fourth-order valence-corrected chi connectivity index (χ4v) is 1.92. The lowest BCUT2D eigenvalue weighted by molar-refractivity contribution is -0.127. The van der Waals surface area contributed by atoms with Crippen LogP contribution in [-0.2, 0) is 14.3 Å². The molecule has 2 N–H and O–H groups in total. The summed E-state index contributed by atoms with van der Waals surface area (Å²) in [5, 5.41) is 11.4. The minimum Gasteiger partial charge on any atom is -0.450 e. The van der Waals surface area contributed by atoms with E-state index in [4.69, 9.17) is 14.6 Å². The Balaban J connectivity index is 2.19. The van der Waals surface area contributed by atoms with Crippen LogP contribution in [0, 0.1) is 0 Å². The lowest BCUT2D eigenvalue weighted by Gasteiger charge is -2.31. The van der Waals surface area contributed by atoms with Crippen molar-refractivity contribution in [2.75, 3.05) is 39.5 Å². The highest BCUT2D eigenvalue weighted by Gasteiger charge is 2.24. The van der Waals surface area contributed by atoms with E-state index in [2.05, 4.69) is 5.32 Å². The number of nitrogens with one attached hydrogen (secondary N) is 1. The number of aliphatic hydroxyl groups excluding tert-OH is 1. The summed E-state index contributed by atoms with van der Waals surface area (Å²) in [4.78, 5) is 24.6. The first-order chi connectivity index (χ1) is 9.17. The molecular weight excluding hydrogens is 252 g/mol. The molecule has 1 heterocycles. The molecule has 1 saturated heterocycles. The third-order valence-electron chi connectivity index (χ3n) is 2.85. The van der Waals surface area contributed by atoms with Crippen LogP contribution in [0.15, 0.2) is 0 Å². The first-order valence-corrected chi connectivity index (χ1v) is 6.57. The molecule has 0 aliphatic carbocycles. The number of nitrogens with zero attached hydrogens (tertiary/aromatic N) is 1. The third kappa shape index (κ3) is 5.89. The van der Waals surface area contributed by atoms with E-state index in [-0.39, 0.29) is 37.9 Å². The van der Waals surface area contributed by atoms with Gasteiger partial charge in [0.15, 0.2) is 0 Å². The normalized spacial score (nSPS) is 16.2. The van der Waals surface area contributed by atoms with Crippen LogP contribution in [0.1, 0.15) is 19.8 Å². The van der Waals surface area contributed by atoms with Gasteiger partial charge in [0.2, 0.25) is 5.91 Å². The molecule has 0 aromatic rings. The van der Waals surface area contributed by atoms with E-state index in [1.807, 2.05) is 0 Å². The Morgan fingerprint density at radius 3 is 2.63 bits per heavy atom. The Hall–Kier alpha value is -1.34. The molecule has 1 aliphatic heterocycles. The predicted octanol–water partition coefficient (Wildman–Crippen LogP) is -0.268. The highest BCUT2D eigenvalue weighted by Crippen LogP contribution is 2.11. The average molecular weight is 274 g/mol. The van der Waals surface area contributed by atoms with E-state index in [9.17, 15) is 9.59 Å². The molecule has 1 aliphatic rings. The number of piperidine rings is 1. The maximum Gasteiger partial charge on any atom is 0.409 e. The molecule has 0 aromatic carbocycles. The number of carbonyl (C=O) groups excluding carboxylic acids is 2. The number of likely N-dealkylation sites (tertiary alicyclic amines) is 1. The molecule has 0 atom stereocenters. The summed E-state index contributed by atoms with van der Waals surface area (Å²) >= 11 is 0. The highest BCUT2D eigenvalue weighted by atomic mass is 16.6. The van der Waals surface area contributed by atoms with Crippen LogP contribution in [0.25, 0.3) is 0 Å². The lowest BCUT2D eigenvalue weighted by Crippen LogP contribution is -2.47. The van der Waals surface area contributed by atoms with Crippen LogP contribution in [0.4, 0.5) is 4.79 Å². The van der Waals surface area contributed by atoms with Crippen LogP contribution in [-0.4, -0.2) is 67.6 Å². The van der Waals surface area contributed by atoms with Crippen molar-refractivity contribution < 1.29 is 24.2 Å². The Morgan fingerprint density at radius 2 is 2.05 bits per heavy atom. The van der Waals surface area contributed by atoms with Crippen molar-refractivity contribution >= 4 is 12.0 Å². The van der Waals surface area contributed by atoms with Crippen LogP contribution >= 0.6 is 0 Å². The van der Waals surface area contributed by atoms with E-state index in [1.165, 1.54) is 0 Å². The van der Waals surface area contributed by atoms with Gasteiger partial charge >= 0.3 is 6.09 Å². The molecule has 19 heavy (non-hydrogen) atoms. The number of hydrogen-bond acceptors (Lipinski definition) is 5. The summed E-state index contributed by atoms with van der Waals surface area (Å²) in [6.07, 6.45) is 1.13. The zero-order valence-electron chi connectivity index (χ0n) is 11.3. The summed E-state index contributed by atoms with van der Waals surface area (Å²) in [7, 11) is 0. The Labute approximate surface area is 112 Å². The van der Waals surface area contributed by atoms with Gasteiger partial charge in [-0.3, -0.25) is 4.79 Å². The number of rotatable bonds is 6. The van der Waals surface area contributed by atoms with Crippen molar-refractivity contribution in [2.24, 2.45) is 0 Å². The van der Waals surface area contributed by atoms with Gasteiger partial charge in [-0.15, -0.1) is 0 Å². The second-order valence-electron chi connectivity index (χ2n) is 4.30. The maximum atomic E-state index is 11.5. The minimum absolute atomic E-state index is 0.0430. The molecule has 0 radical (unpaired) electrons. The molecule has 1 fully saturated rings. The van der Waals surface area contributed by atoms with Crippen LogP contribution in [0.2, 0.25) is 0 Å². The first-order valence-electron chi connectivity index (χ1n) is 6.57. The lowest BCUT2D eigenvalue weighted by atomic mass is 10.1. The van der Waals surface area contributed by atoms with Gasteiger partial charge in [0.25, 0.3) is 0 Å².